The summed E-state index contributed by atoms with van der Waals surface area (Å²) in [6, 6.07) is 20.1. The molecule has 0 saturated carbocycles. The maximum Gasteiger partial charge on any atom is 0.416 e. The molecular formula is C22H17F3O3. The third-order valence-electron chi connectivity index (χ3n) is 4.54. The highest BCUT2D eigenvalue weighted by Gasteiger charge is 2.32. The largest absolute Gasteiger partial charge is 0.481 e. The van der Waals surface area contributed by atoms with Crippen molar-refractivity contribution in [3.8, 4) is 11.1 Å². The van der Waals surface area contributed by atoms with Crippen LogP contribution < -0.4 is 0 Å². The fourth-order valence-corrected chi connectivity index (χ4v) is 3.04. The number of carboxylic acid groups (broad SMARTS) is 1. The summed E-state index contributed by atoms with van der Waals surface area (Å²) < 4.78 is 38.1. The van der Waals surface area contributed by atoms with Gasteiger partial charge in [0.05, 0.1) is 11.7 Å². The van der Waals surface area contributed by atoms with Gasteiger partial charge in [-0.2, -0.15) is 13.2 Å². The zero-order valence-electron chi connectivity index (χ0n) is 14.6. The van der Waals surface area contributed by atoms with Crippen molar-refractivity contribution in [2.24, 2.45) is 0 Å². The molecule has 0 spiro atoms. The van der Waals surface area contributed by atoms with Crippen LogP contribution in [0.5, 0.6) is 0 Å². The predicted octanol–water partition coefficient (Wildman–Crippen LogP) is 5.27. The van der Waals surface area contributed by atoms with Gasteiger partial charge in [0.25, 0.3) is 0 Å². The fourth-order valence-electron chi connectivity index (χ4n) is 3.04. The molecule has 0 aliphatic carbocycles. The van der Waals surface area contributed by atoms with Crippen LogP contribution in [0.25, 0.3) is 11.1 Å². The van der Waals surface area contributed by atoms with Crippen molar-refractivity contribution in [1.82, 2.24) is 0 Å². The average Bonchev–Trinajstić information content (AvgIpc) is 2.68. The minimum absolute atomic E-state index is 0.104. The molecule has 3 rings (SSSR count). The molecule has 3 aromatic rings. The number of hydrogen-bond acceptors (Lipinski definition) is 2. The molecule has 0 fully saturated rings. The summed E-state index contributed by atoms with van der Waals surface area (Å²) in [6.45, 7) is 0. The maximum absolute atomic E-state index is 12.7. The molecule has 0 unspecified atom stereocenters. The standard InChI is InChI=1S/C22H17F3O3/c23-22(24,25)18-12-10-17(11-13-18)20(26)19(21(27)28)16-8-6-15(7-9-16)14-4-2-1-3-5-14/h1-13,19-20,26H,(H,27,28)/t19-,20-/m1/s1. The van der Waals surface area contributed by atoms with E-state index in [0.717, 1.165) is 35.4 Å². The molecule has 0 aromatic heterocycles. The van der Waals surface area contributed by atoms with Gasteiger partial charge in [0.1, 0.15) is 5.92 Å². The Hall–Kier alpha value is -3.12. The van der Waals surface area contributed by atoms with E-state index in [1.807, 2.05) is 30.3 Å². The lowest BCUT2D eigenvalue weighted by Gasteiger charge is -2.21. The van der Waals surface area contributed by atoms with E-state index < -0.39 is 29.7 Å². The molecule has 28 heavy (non-hydrogen) atoms. The van der Waals surface area contributed by atoms with E-state index in [-0.39, 0.29) is 5.56 Å². The molecule has 144 valence electrons. The smallest absolute Gasteiger partial charge is 0.416 e. The number of carboxylic acids is 1. The summed E-state index contributed by atoms with van der Waals surface area (Å²) in [4.78, 5) is 11.8. The Kier molecular flexibility index (Phi) is 5.51. The minimum atomic E-state index is -4.50. The Balaban J connectivity index is 1.88. The molecule has 0 bridgehead atoms. The Bertz CT molecular complexity index is 934. The molecular weight excluding hydrogens is 369 g/mol. The molecule has 3 aromatic carbocycles. The molecule has 0 saturated heterocycles. The Labute approximate surface area is 159 Å². The van der Waals surface area contributed by atoms with E-state index in [1.165, 1.54) is 0 Å². The van der Waals surface area contributed by atoms with Gasteiger partial charge in [0, 0.05) is 0 Å². The average molecular weight is 386 g/mol. The summed E-state index contributed by atoms with van der Waals surface area (Å²) in [5, 5.41) is 20.1. The molecule has 0 aliphatic rings. The van der Waals surface area contributed by atoms with E-state index in [1.54, 1.807) is 24.3 Å². The van der Waals surface area contributed by atoms with Crippen LogP contribution in [0.15, 0.2) is 78.9 Å². The number of aliphatic hydroxyl groups excluding tert-OH is 1. The molecule has 0 radical (unpaired) electrons. The number of rotatable bonds is 5. The van der Waals surface area contributed by atoms with Crippen LogP contribution in [-0.4, -0.2) is 16.2 Å². The highest BCUT2D eigenvalue weighted by Crippen LogP contribution is 2.35. The third-order valence-corrected chi connectivity index (χ3v) is 4.54. The van der Waals surface area contributed by atoms with Gasteiger partial charge in [-0.3, -0.25) is 4.79 Å². The van der Waals surface area contributed by atoms with Gasteiger partial charge in [0.2, 0.25) is 0 Å². The SMILES string of the molecule is O=C(O)[C@H](c1ccc(-c2ccccc2)cc1)[C@H](O)c1ccc(C(F)(F)F)cc1. The lowest BCUT2D eigenvalue weighted by Crippen LogP contribution is -2.20. The van der Waals surface area contributed by atoms with Gasteiger partial charge >= 0.3 is 12.1 Å². The first-order chi connectivity index (χ1) is 13.3. The summed E-state index contributed by atoms with van der Waals surface area (Å²) in [6.07, 6.45) is -5.98. The molecule has 6 heteroatoms. The minimum Gasteiger partial charge on any atom is -0.481 e. The first-order valence-corrected chi connectivity index (χ1v) is 8.51. The van der Waals surface area contributed by atoms with Crippen molar-refractivity contribution in [1.29, 1.82) is 0 Å². The van der Waals surface area contributed by atoms with Crippen molar-refractivity contribution in [2.45, 2.75) is 18.2 Å². The van der Waals surface area contributed by atoms with Crippen LogP contribution in [0.3, 0.4) is 0 Å². The highest BCUT2D eigenvalue weighted by molar-refractivity contribution is 5.78. The quantitative estimate of drug-likeness (QED) is 0.628. The van der Waals surface area contributed by atoms with Gasteiger partial charge in [0.15, 0.2) is 0 Å². The van der Waals surface area contributed by atoms with Gasteiger partial charge in [-0.05, 0) is 34.4 Å². The second kappa shape index (κ2) is 7.86. The Morgan fingerprint density at radius 3 is 1.75 bits per heavy atom. The number of alkyl halides is 3. The molecule has 2 atom stereocenters. The van der Waals surface area contributed by atoms with Crippen molar-refractivity contribution in [2.75, 3.05) is 0 Å². The molecule has 2 N–H and O–H groups in total. The number of halogens is 3. The van der Waals surface area contributed by atoms with Crippen molar-refractivity contribution in [3.05, 3.63) is 95.6 Å². The van der Waals surface area contributed by atoms with Crippen LogP contribution in [0, 0.1) is 0 Å². The number of benzene rings is 3. The normalized spacial score (nSPS) is 13.7. The fraction of sp³-hybridized carbons (Fsp3) is 0.136. The van der Waals surface area contributed by atoms with Crippen LogP contribution >= 0.6 is 0 Å². The Morgan fingerprint density at radius 2 is 1.25 bits per heavy atom. The highest BCUT2D eigenvalue weighted by atomic mass is 19.4. The maximum atomic E-state index is 12.7. The van der Waals surface area contributed by atoms with Crippen molar-refractivity contribution < 1.29 is 28.2 Å². The number of carbonyl (C=O) groups is 1. The van der Waals surface area contributed by atoms with Crippen LogP contribution in [0.2, 0.25) is 0 Å². The molecule has 3 nitrogen and oxygen atoms in total. The van der Waals surface area contributed by atoms with Gasteiger partial charge in [-0.25, -0.2) is 0 Å². The lowest BCUT2D eigenvalue weighted by molar-refractivity contribution is -0.142. The third kappa shape index (κ3) is 4.23. The molecule has 0 amide bonds. The van der Waals surface area contributed by atoms with Crippen LogP contribution in [0.4, 0.5) is 13.2 Å². The lowest BCUT2D eigenvalue weighted by atomic mass is 9.88. The van der Waals surface area contributed by atoms with E-state index in [9.17, 15) is 28.2 Å². The zero-order valence-corrected chi connectivity index (χ0v) is 14.6. The van der Waals surface area contributed by atoms with Gasteiger partial charge in [-0.1, -0.05) is 66.7 Å². The molecule has 0 aliphatic heterocycles. The van der Waals surface area contributed by atoms with Gasteiger partial charge in [-0.15, -0.1) is 0 Å². The number of aliphatic carboxylic acids is 1. The number of aliphatic hydroxyl groups is 1. The summed E-state index contributed by atoms with van der Waals surface area (Å²) in [5.41, 5.74) is 1.45. The van der Waals surface area contributed by atoms with E-state index >= 15 is 0 Å². The monoisotopic (exact) mass is 386 g/mol. The predicted molar refractivity (Wildman–Crippen MR) is 98.7 cm³/mol. The summed E-state index contributed by atoms with van der Waals surface area (Å²) in [7, 11) is 0. The summed E-state index contributed by atoms with van der Waals surface area (Å²) >= 11 is 0. The van der Waals surface area contributed by atoms with Gasteiger partial charge < -0.3 is 10.2 Å². The van der Waals surface area contributed by atoms with Crippen LogP contribution in [-0.2, 0) is 11.0 Å². The van der Waals surface area contributed by atoms with E-state index in [0.29, 0.717) is 5.56 Å². The first-order valence-electron chi connectivity index (χ1n) is 8.51. The van der Waals surface area contributed by atoms with E-state index in [2.05, 4.69) is 0 Å². The number of hydrogen-bond donors (Lipinski definition) is 2. The van der Waals surface area contributed by atoms with Crippen LogP contribution in [0.1, 0.15) is 28.7 Å². The summed E-state index contributed by atoms with van der Waals surface area (Å²) in [5.74, 6) is -2.57. The molecule has 0 heterocycles. The van der Waals surface area contributed by atoms with Crippen molar-refractivity contribution >= 4 is 5.97 Å². The first kappa shape index (κ1) is 19.6. The van der Waals surface area contributed by atoms with Crippen molar-refractivity contribution in [3.63, 3.8) is 0 Å². The zero-order chi connectivity index (χ0) is 20.3. The Morgan fingerprint density at radius 1 is 0.750 bits per heavy atom. The second-order valence-electron chi connectivity index (χ2n) is 6.37. The van der Waals surface area contributed by atoms with E-state index in [4.69, 9.17) is 0 Å². The second-order valence-corrected chi connectivity index (χ2v) is 6.37. The topological polar surface area (TPSA) is 57.5 Å².